The number of aryl methyl sites for hydroxylation is 3. The lowest BCUT2D eigenvalue weighted by molar-refractivity contribution is 0.628. The van der Waals surface area contributed by atoms with Gasteiger partial charge in [-0.15, -0.1) is 0 Å². The van der Waals surface area contributed by atoms with E-state index in [1.165, 1.54) is 6.07 Å². The zero-order valence-electron chi connectivity index (χ0n) is 11.5. The number of nitrogens with zero attached hydrogens (tertiary/aromatic N) is 2. The first kappa shape index (κ1) is 13.5. The second kappa shape index (κ2) is 5.34. The second-order valence-electron chi connectivity index (χ2n) is 4.78. The van der Waals surface area contributed by atoms with Gasteiger partial charge in [0.05, 0.1) is 5.69 Å². The summed E-state index contributed by atoms with van der Waals surface area (Å²) in [6.45, 7) is 5.80. The van der Waals surface area contributed by atoms with Crippen LogP contribution in [0.3, 0.4) is 0 Å². The van der Waals surface area contributed by atoms with Gasteiger partial charge in [0.15, 0.2) is 0 Å². The topological polar surface area (TPSA) is 51.8 Å². The smallest absolute Gasteiger partial charge is 0.133 e. The van der Waals surface area contributed by atoms with Gasteiger partial charge >= 0.3 is 0 Å². The second-order valence-corrected chi connectivity index (χ2v) is 4.78. The Morgan fingerprint density at radius 2 is 1.89 bits per heavy atom. The molecule has 0 bridgehead atoms. The molecule has 2 rings (SSSR count). The van der Waals surface area contributed by atoms with Gasteiger partial charge in [-0.1, -0.05) is 13.0 Å². The van der Waals surface area contributed by atoms with E-state index < -0.39 is 0 Å². The van der Waals surface area contributed by atoms with Crippen molar-refractivity contribution in [3.05, 3.63) is 41.0 Å². The van der Waals surface area contributed by atoms with Crippen molar-refractivity contribution in [1.29, 1.82) is 0 Å². The number of hydrogen-bond acceptors (Lipinski definition) is 3. The lowest BCUT2D eigenvalue weighted by Gasteiger charge is -2.10. The maximum absolute atomic E-state index is 14.1. The standard InChI is InChI=1S/C15H18FN3/c1-4-5-14-18-12(8-13(17)19-14)15-10(3)6-9(2)7-11(15)16/h6-8H,4-5H2,1-3H3,(H2,17,18,19). The van der Waals surface area contributed by atoms with Crippen LogP contribution in [-0.4, -0.2) is 9.97 Å². The fourth-order valence-electron chi connectivity index (χ4n) is 2.22. The van der Waals surface area contributed by atoms with Crippen LogP contribution in [0.4, 0.5) is 10.2 Å². The highest BCUT2D eigenvalue weighted by atomic mass is 19.1. The Hall–Kier alpha value is -1.97. The molecular formula is C15H18FN3. The van der Waals surface area contributed by atoms with E-state index in [0.29, 0.717) is 22.9 Å². The van der Waals surface area contributed by atoms with Crippen molar-refractivity contribution in [2.24, 2.45) is 0 Å². The van der Waals surface area contributed by atoms with Crippen molar-refractivity contribution in [3.63, 3.8) is 0 Å². The van der Waals surface area contributed by atoms with Crippen LogP contribution in [0, 0.1) is 19.7 Å². The summed E-state index contributed by atoms with van der Waals surface area (Å²) in [7, 11) is 0. The van der Waals surface area contributed by atoms with Crippen molar-refractivity contribution < 1.29 is 4.39 Å². The Kier molecular flexibility index (Phi) is 3.79. The fourth-order valence-corrected chi connectivity index (χ4v) is 2.22. The van der Waals surface area contributed by atoms with E-state index >= 15 is 0 Å². The molecule has 0 aliphatic heterocycles. The number of nitrogen functional groups attached to an aromatic ring is 1. The van der Waals surface area contributed by atoms with Crippen LogP contribution in [0.25, 0.3) is 11.3 Å². The maximum Gasteiger partial charge on any atom is 0.133 e. The Bertz CT molecular complexity index is 585. The van der Waals surface area contributed by atoms with Gasteiger partial charge in [0.1, 0.15) is 17.5 Å². The molecule has 3 nitrogen and oxygen atoms in total. The van der Waals surface area contributed by atoms with Crippen LogP contribution in [0.1, 0.15) is 30.3 Å². The van der Waals surface area contributed by atoms with Crippen LogP contribution in [0.15, 0.2) is 18.2 Å². The summed E-state index contributed by atoms with van der Waals surface area (Å²) < 4.78 is 14.1. The van der Waals surface area contributed by atoms with Crippen molar-refractivity contribution in [2.75, 3.05) is 5.73 Å². The highest BCUT2D eigenvalue weighted by Crippen LogP contribution is 2.27. The Morgan fingerprint density at radius 3 is 2.53 bits per heavy atom. The average molecular weight is 259 g/mol. The van der Waals surface area contributed by atoms with Crippen molar-refractivity contribution >= 4 is 5.82 Å². The van der Waals surface area contributed by atoms with Gasteiger partial charge in [0, 0.05) is 18.1 Å². The van der Waals surface area contributed by atoms with Crippen LogP contribution in [0.2, 0.25) is 0 Å². The van der Waals surface area contributed by atoms with E-state index in [-0.39, 0.29) is 5.82 Å². The summed E-state index contributed by atoms with van der Waals surface area (Å²) in [5.74, 6) is 0.780. The van der Waals surface area contributed by atoms with E-state index in [9.17, 15) is 4.39 Å². The minimum Gasteiger partial charge on any atom is -0.384 e. The number of aromatic nitrogens is 2. The van der Waals surface area contributed by atoms with E-state index in [0.717, 1.165) is 24.0 Å². The number of hydrogen-bond donors (Lipinski definition) is 1. The highest BCUT2D eigenvalue weighted by Gasteiger charge is 2.13. The molecule has 0 aliphatic rings. The molecule has 0 aliphatic carbocycles. The molecule has 19 heavy (non-hydrogen) atoms. The number of rotatable bonds is 3. The maximum atomic E-state index is 14.1. The predicted molar refractivity (Wildman–Crippen MR) is 75.3 cm³/mol. The van der Waals surface area contributed by atoms with Crippen LogP contribution in [0.5, 0.6) is 0 Å². The average Bonchev–Trinajstić information content (AvgIpc) is 2.26. The summed E-state index contributed by atoms with van der Waals surface area (Å²) in [5, 5.41) is 0. The first-order chi connectivity index (χ1) is 9.01. The first-order valence-corrected chi connectivity index (χ1v) is 6.41. The molecule has 0 unspecified atom stereocenters. The minimum atomic E-state index is -0.266. The van der Waals surface area contributed by atoms with E-state index in [2.05, 4.69) is 9.97 Å². The highest BCUT2D eigenvalue weighted by molar-refractivity contribution is 5.66. The van der Waals surface area contributed by atoms with E-state index in [4.69, 9.17) is 5.73 Å². The van der Waals surface area contributed by atoms with E-state index in [1.54, 1.807) is 6.07 Å². The molecule has 4 heteroatoms. The summed E-state index contributed by atoms with van der Waals surface area (Å²) in [5.41, 5.74) is 8.61. The van der Waals surface area contributed by atoms with Gasteiger partial charge < -0.3 is 5.73 Å². The summed E-state index contributed by atoms with van der Waals surface area (Å²) in [6.07, 6.45) is 1.67. The van der Waals surface area contributed by atoms with Gasteiger partial charge in [0.2, 0.25) is 0 Å². The molecule has 2 aromatic rings. The normalized spacial score (nSPS) is 10.7. The van der Waals surface area contributed by atoms with Crippen molar-refractivity contribution in [1.82, 2.24) is 9.97 Å². The van der Waals surface area contributed by atoms with Gasteiger partial charge in [-0.05, 0) is 37.5 Å². The van der Waals surface area contributed by atoms with Crippen LogP contribution >= 0.6 is 0 Å². The molecule has 1 aromatic carbocycles. The van der Waals surface area contributed by atoms with Crippen molar-refractivity contribution in [3.8, 4) is 11.3 Å². The molecule has 0 fully saturated rings. The molecule has 0 saturated carbocycles. The third-order valence-corrected chi connectivity index (χ3v) is 2.95. The largest absolute Gasteiger partial charge is 0.384 e. The molecule has 1 heterocycles. The molecule has 0 spiro atoms. The summed E-state index contributed by atoms with van der Waals surface area (Å²) in [4.78, 5) is 8.58. The fraction of sp³-hybridized carbons (Fsp3) is 0.333. The third-order valence-electron chi connectivity index (χ3n) is 2.95. The molecule has 0 radical (unpaired) electrons. The zero-order chi connectivity index (χ0) is 14.0. The molecule has 1 aromatic heterocycles. The molecule has 0 saturated heterocycles. The quantitative estimate of drug-likeness (QED) is 0.918. The summed E-state index contributed by atoms with van der Waals surface area (Å²) in [6, 6.07) is 5.08. The zero-order valence-corrected chi connectivity index (χ0v) is 11.5. The number of halogens is 1. The molecule has 0 amide bonds. The first-order valence-electron chi connectivity index (χ1n) is 6.41. The minimum absolute atomic E-state index is 0.266. The Balaban J connectivity index is 2.58. The number of nitrogens with two attached hydrogens (primary N) is 1. The Labute approximate surface area is 112 Å². The van der Waals surface area contributed by atoms with Crippen molar-refractivity contribution in [2.45, 2.75) is 33.6 Å². The van der Waals surface area contributed by atoms with Gasteiger partial charge in [-0.3, -0.25) is 0 Å². The summed E-state index contributed by atoms with van der Waals surface area (Å²) >= 11 is 0. The molecule has 2 N–H and O–H groups in total. The lowest BCUT2D eigenvalue weighted by Crippen LogP contribution is -2.03. The van der Waals surface area contributed by atoms with Crippen LogP contribution in [-0.2, 0) is 6.42 Å². The van der Waals surface area contributed by atoms with Gasteiger partial charge in [0.25, 0.3) is 0 Å². The SMILES string of the molecule is CCCc1nc(N)cc(-c2c(C)cc(C)cc2F)n1. The van der Waals surface area contributed by atoms with E-state index in [1.807, 2.05) is 26.8 Å². The number of benzene rings is 1. The van der Waals surface area contributed by atoms with Gasteiger partial charge in [-0.25, -0.2) is 14.4 Å². The lowest BCUT2D eigenvalue weighted by atomic mass is 10.0. The van der Waals surface area contributed by atoms with Gasteiger partial charge in [-0.2, -0.15) is 0 Å². The number of anilines is 1. The predicted octanol–water partition coefficient (Wildman–Crippen LogP) is 3.43. The molecule has 100 valence electrons. The van der Waals surface area contributed by atoms with Crippen LogP contribution < -0.4 is 5.73 Å². The third kappa shape index (κ3) is 2.89. The Morgan fingerprint density at radius 1 is 1.16 bits per heavy atom. The molecular weight excluding hydrogens is 241 g/mol. The monoisotopic (exact) mass is 259 g/mol. The molecule has 0 atom stereocenters.